The van der Waals surface area contributed by atoms with E-state index in [9.17, 15) is 15.0 Å². The molecule has 4 heteroatoms. The normalized spacial score (nSPS) is 10.2. The van der Waals surface area contributed by atoms with Gasteiger partial charge in [-0.2, -0.15) is 0 Å². The third-order valence-corrected chi connectivity index (χ3v) is 2.67. The minimum atomic E-state index is -0.0412. The molecule has 0 unspecified atom stereocenters. The Morgan fingerprint density at radius 3 is 2.68 bits per heavy atom. The van der Waals surface area contributed by atoms with Gasteiger partial charge in [0.15, 0.2) is 17.3 Å². The number of hydrogen-bond acceptors (Lipinski definition) is 4. The summed E-state index contributed by atoms with van der Waals surface area (Å²) in [6, 6.07) is 11.1. The van der Waals surface area contributed by atoms with Crippen molar-refractivity contribution in [3.63, 3.8) is 0 Å². The third-order valence-electron chi connectivity index (χ3n) is 2.67. The molecule has 4 nitrogen and oxygen atoms in total. The Hall–Kier alpha value is -2.49. The molecule has 19 heavy (non-hydrogen) atoms. The first-order chi connectivity index (χ1) is 9.06. The zero-order valence-corrected chi connectivity index (χ0v) is 10.5. The van der Waals surface area contributed by atoms with E-state index in [-0.39, 0.29) is 29.6 Å². The summed E-state index contributed by atoms with van der Waals surface area (Å²) in [4.78, 5) is 11.3. The summed E-state index contributed by atoms with van der Waals surface area (Å²) >= 11 is 0. The van der Waals surface area contributed by atoms with Crippen molar-refractivity contribution in [1.82, 2.24) is 0 Å². The number of aromatic hydroxyl groups is 2. The molecule has 0 spiro atoms. The average molecular weight is 258 g/mol. The van der Waals surface area contributed by atoms with Gasteiger partial charge in [-0.3, -0.25) is 4.79 Å². The molecule has 98 valence electrons. The number of hydrogen-bond donors (Lipinski definition) is 2. The lowest BCUT2D eigenvalue weighted by Crippen LogP contribution is -1.98. The summed E-state index contributed by atoms with van der Waals surface area (Å²) in [5, 5.41) is 18.9. The van der Waals surface area contributed by atoms with Crippen LogP contribution in [0.3, 0.4) is 0 Å². The zero-order valence-electron chi connectivity index (χ0n) is 10.5. The Labute approximate surface area is 110 Å². The first-order valence-corrected chi connectivity index (χ1v) is 5.81. The van der Waals surface area contributed by atoms with Crippen LogP contribution in [0, 0.1) is 0 Å². The summed E-state index contributed by atoms with van der Waals surface area (Å²) in [7, 11) is 0. The average Bonchev–Trinajstić information content (AvgIpc) is 2.40. The molecule has 0 bridgehead atoms. The fraction of sp³-hybridized carbons (Fsp3) is 0.133. The van der Waals surface area contributed by atoms with E-state index < -0.39 is 0 Å². The molecule has 0 aliphatic heterocycles. The molecular formula is C15H14O4. The molecule has 2 rings (SSSR count). The summed E-state index contributed by atoms with van der Waals surface area (Å²) in [5.41, 5.74) is 1.43. The van der Waals surface area contributed by atoms with Crippen molar-refractivity contribution in [1.29, 1.82) is 0 Å². The number of carbonyl (C=O) groups excluding carboxylic acids is 1. The van der Waals surface area contributed by atoms with Crippen molar-refractivity contribution < 1.29 is 19.7 Å². The Kier molecular flexibility index (Phi) is 3.71. The summed E-state index contributed by atoms with van der Waals surface area (Å²) < 4.78 is 5.42. The lowest BCUT2D eigenvalue weighted by Gasteiger charge is -2.09. The monoisotopic (exact) mass is 258 g/mol. The molecule has 0 amide bonds. The largest absolute Gasteiger partial charge is 0.508 e. The Morgan fingerprint density at radius 1 is 1.16 bits per heavy atom. The van der Waals surface area contributed by atoms with Crippen LogP contribution >= 0.6 is 0 Å². The molecule has 0 aromatic heterocycles. The van der Waals surface area contributed by atoms with Crippen LogP contribution < -0.4 is 4.74 Å². The van der Waals surface area contributed by atoms with E-state index in [4.69, 9.17) is 4.74 Å². The number of phenols is 2. The van der Waals surface area contributed by atoms with Crippen molar-refractivity contribution in [2.24, 2.45) is 0 Å². The van der Waals surface area contributed by atoms with Crippen LogP contribution in [0.4, 0.5) is 0 Å². The molecule has 2 aromatic rings. The van der Waals surface area contributed by atoms with E-state index in [2.05, 4.69) is 0 Å². The van der Waals surface area contributed by atoms with Crippen LogP contribution in [0.25, 0.3) is 0 Å². The van der Waals surface area contributed by atoms with Gasteiger partial charge in [0.2, 0.25) is 0 Å². The van der Waals surface area contributed by atoms with Crippen molar-refractivity contribution >= 4 is 5.78 Å². The minimum absolute atomic E-state index is 0.0120. The van der Waals surface area contributed by atoms with Crippen molar-refractivity contribution in [2.45, 2.75) is 13.5 Å². The number of phenolic OH excluding ortho intramolecular Hbond substituents is 2. The highest BCUT2D eigenvalue weighted by Crippen LogP contribution is 2.30. The second-order valence-corrected chi connectivity index (χ2v) is 4.20. The highest BCUT2D eigenvalue weighted by Gasteiger charge is 2.05. The van der Waals surface area contributed by atoms with Crippen LogP contribution in [0.2, 0.25) is 0 Å². The first-order valence-electron chi connectivity index (χ1n) is 5.81. The molecule has 0 fully saturated rings. The Bertz CT molecular complexity index is 605. The quantitative estimate of drug-likeness (QED) is 0.653. The summed E-state index contributed by atoms with van der Waals surface area (Å²) in [6.07, 6.45) is 0. The molecule has 0 saturated carbocycles. The van der Waals surface area contributed by atoms with E-state index in [1.807, 2.05) is 6.07 Å². The standard InChI is InChI=1S/C15H14O4/c1-10(16)12-4-2-3-11(7-12)9-19-15-8-13(17)5-6-14(15)18/h2-8,17-18H,9H2,1H3. The van der Waals surface area contributed by atoms with Gasteiger partial charge >= 0.3 is 0 Å². The van der Waals surface area contributed by atoms with Gasteiger partial charge in [-0.05, 0) is 30.7 Å². The van der Waals surface area contributed by atoms with E-state index in [0.717, 1.165) is 5.56 Å². The van der Waals surface area contributed by atoms with Gasteiger partial charge in [0, 0.05) is 11.6 Å². The van der Waals surface area contributed by atoms with Crippen LogP contribution in [0.15, 0.2) is 42.5 Å². The first kappa shape index (κ1) is 13.0. The number of ether oxygens (including phenoxy) is 1. The molecule has 0 saturated heterocycles. The summed E-state index contributed by atoms with van der Waals surface area (Å²) in [5.74, 6) is 0.168. The van der Waals surface area contributed by atoms with Gasteiger partial charge < -0.3 is 14.9 Å². The van der Waals surface area contributed by atoms with Gasteiger partial charge in [-0.15, -0.1) is 0 Å². The fourth-order valence-electron chi connectivity index (χ4n) is 1.66. The van der Waals surface area contributed by atoms with Crippen LogP contribution in [-0.4, -0.2) is 16.0 Å². The van der Waals surface area contributed by atoms with Crippen molar-refractivity contribution in [2.75, 3.05) is 0 Å². The van der Waals surface area contributed by atoms with Crippen LogP contribution in [0.5, 0.6) is 17.2 Å². The van der Waals surface area contributed by atoms with Gasteiger partial charge in [-0.1, -0.05) is 18.2 Å². The van der Waals surface area contributed by atoms with Crippen molar-refractivity contribution in [3.05, 3.63) is 53.6 Å². The Morgan fingerprint density at radius 2 is 1.95 bits per heavy atom. The Balaban J connectivity index is 2.12. The lowest BCUT2D eigenvalue weighted by molar-refractivity contribution is 0.101. The topological polar surface area (TPSA) is 66.8 Å². The van der Waals surface area contributed by atoms with Crippen molar-refractivity contribution in [3.8, 4) is 17.2 Å². The number of benzene rings is 2. The van der Waals surface area contributed by atoms with Crippen LogP contribution in [-0.2, 0) is 6.61 Å². The predicted octanol–water partition coefficient (Wildman–Crippen LogP) is 2.88. The minimum Gasteiger partial charge on any atom is -0.508 e. The van der Waals surface area contributed by atoms with Gasteiger partial charge in [0.25, 0.3) is 0 Å². The molecule has 0 aliphatic rings. The highest BCUT2D eigenvalue weighted by atomic mass is 16.5. The second kappa shape index (κ2) is 5.44. The number of ketones is 1. The van der Waals surface area contributed by atoms with E-state index in [1.165, 1.54) is 25.1 Å². The van der Waals surface area contributed by atoms with Gasteiger partial charge in [0.05, 0.1) is 0 Å². The maximum absolute atomic E-state index is 11.3. The lowest BCUT2D eigenvalue weighted by atomic mass is 10.1. The molecule has 2 aromatic carbocycles. The van der Waals surface area contributed by atoms with Crippen LogP contribution in [0.1, 0.15) is 22.8 Å². The zero-order chi connectivity index (χ0) is 13.8. The SMILES string of the molecule is CC(=O)c1cccc(COc2cc(O)ccc2O)c1. The van der Waals surface area contributed by atoms with Gasteiger partial charge in [0.1, 0.15) is 12.4 Å². The molecule has 0 heterocycles. The number of Topliss-reactive ketones (excluding diaryl/α,β-unsaturated/α-hetero) is 1. The fourth-order valence-corrected chi connectivity index (χ4v) is 1.66. The molecule has 0 atom stereocenters. The molecule has 0 aliphatic carbocycles. The van der Waals surface area contributed by atoms with E-state index in [1.54, 1.807) is 18.2 Å². The van der Waals surface area contributed by atoms with E-state index in [0.29, 0.717) is 5.56 Å². The maximum Gasteiger partial charge on any atom is 0.165 e. The molecule has 0 radical (unpaired) electrons. The van der Waals surface area contributed by atoms with E-state index >= 15 is 0 Å². The third kappa shape index (κ3) is 3.25. The highest BCUT2D eigenvalue weighted by molar-refractivity contribution is 5.94. The predicted molar refractivity (Wildman–Crippen MR) is 70.6 cm³/mol. The smallest absolute Gasteiger partial charge is 0.165 e. The summed E-state index contributed by atoms with van der Waals surface area (Å²) in [6.45, 7) is 1.71. The molecule has 2 N–H and O–H groups in total. The molecular weight excluding hydrogens is 244 g/mol. The number of carbonyl (C=O) groups is 1. The van der Waals surface area contributed by atoms with Gasteiger partial charge in [-0.25, -0.2) is 0 Å². The number of rotatable bonds is 4. The maximum atomic E-state index is 11.3. The second-order valence-electron chi connectivity index (χ2n) is 4.20.